The van der Waals surface area contributed by atoms with Crippen LogP contribution in [-0.4, -0.2) is 65.7 Å². The normalized spacial score (nSPS) is 17.8. The van der Waals surface area contributed by atoms with E-state index in [1.807, 2.05) is 0 Å². The highest BCUT2D eigenvalue weighted by Gasteiger charge is 2.58. The molecule has 0 bridgehead atoms. The van der Waals surface area contributed by atoms with E-state index in [0.717, 1.165) is 18.2 Å². The van der Waals surface area contributed by atoms with E-state index >= 15 is 0 Å². The smallest absolute Gasteiger partial charge is 0.424 e. The molecular formula is C27H29F4N5O5. The number of hydrogen-bond acceptors (Lipinski definition) is 9. The summed E-state index contributed by atoms with van der Waals surface area (Å²) in [6, 6.07) is 9.73. The molecule has 1 aliphatic heterocycles. The summed E-state index contributed by atoms with van der Waals surface area (Å²) < 4.78 is 67.9. The van der Waals surface area contributed by atoms with E-state index in [1.54, 1.807) is 6.92 Å². The van der Waals surface area contributed by atoms with Crippen molar-refractivity contribution in [1.82, 2.24) is 9.99 Å². The number of methoxy groups -OCH3 is 1. The fourth-order valence-corrected chi connectivity index (χ4v) is 4.45. The Kier molecular flexibility index (Phi) is 8.14. The lowest BCUT2D eigenvalue weighted by Crippen LogP contribution is -2.55. The first-order valence-electron chi connectivity index (χ1n) is 12.3. The topological polar surface area (TPSA) is 156 Å². The van der Waals surface area contributed by atoms with E-state index in [2.05, 4.69) is 10.3 Å². The van der Waals surface area contributed by atoms with Crippen molar-refractivity contribution in [3.8, 4) is 22.8 Å². The van der Waals surface area contributed by atoms with Gasteiger partial charge in [0.25, 0.3) is 5.91 Å². The lowest BCUT2D eigenvalue weighted by molar-refractivity contribution is -0.271. The van der Waals surface area contributed by atoms with Crippen molar-refractivity contribution in [3.63, 3.8) is 0 Å². The van der Waals surface area contributed by atoms with Crippen molar-refractivity contribution in [2.75, 3.05) is 38.7 Å². The van der Waals surface area contributed by atoms with Crippen LogP contribution >= 0.6 is 0 Å². The van der Waals surface area contributed by atoms with Crippen LogP contribution in [0.25, 0.3) is 11.3 Å². The molecule has 3 aromatic rings. The molecule has 0 fully saturated rings. The summed E-state index contributed by atoms with van der Waals surface area (Å²) in [6.07, 6.45) is -5.34. The summed E-state index contributed by atoms with van der Waals surface area (Å²) in [6.45, 7) is -0.0141. The molecule has 1 aliphatic rings. The standard InChI is InChI=1S/C27H29F4N5O5/c1-25(32)13-34-23-18(25)12-21(35-22(23)15-3-6-17(28)7-4-15)26(39,27(29,30)31)14-36(33)24(38)16-5-8-19(41-10-9-37)20(11-16)40-2/h3-8,11-12,34,37,39H,9-10,13-14,32-33H2,1-2H3/t25-,26-/m0/s1. The summed E-state index contributed by atoms with van der Waals surface area (Å²) >= 11 is 0. The minimum absolute atomic E-state index is 0.00690. The van der Waals surface area contributed by atoms with Crippen LogP contribution in [0.2, 0.25) is 0 Å². The Bertz CT molecular complexity index is 1430. The molecule has 0 unspecified atom stereocenters. The second kappa shape index (κ2) is 11.1. The first-order valence-corrected chi connectivity index (χ1v) is 12.3. The number of nitrogens with zero attached hydrogens (tertiary/aromatic N) is 2. The summed E-state index contributed by atoms with van der Waals surface area (Å²) in [7, 11) is 1.29. The number of aromatic nitrogens is 1. The SMILES string of the molecule is COc1cc(C(=O)N(N)C[C@](O)(c2cc3c(c(-c4ccc(F)cc4)n2)NC[C@]3(C)N)C(F)(F)F)ccc1OCCO. The van der Waals surface area contributed by atoms with Gasteiger partial charge >= 0.3 is 6.18 Å². The van der Waals surface area contributed by atoms with Crippen LogP contribution in [0.15, 0.2) is 48.5 Å². The van der Waals surface area contributed by atoms with Gasteiger partial charge in [-0.25, -0.2) is 15.2 Å². The average Bonchev–Trinajstić information content (AvgIpc) is 3.24. The van der Waals surface area contributed by atoms with Gasteiger partial charge in [0.15, 0.2) is 11.5 Å². The van der Waals surface area contributed by atoms with E-state index < -0.39 is 41.3 Å². The zero-order valence-electron chi connectivity index (χ0n) is 22.1. The number of nitrogens with two attached hydrogens (primary N) is 2. The number of anilines is 1. The predicted octanol–water partition coefficient (Wildman–Crippen LogP) is 2.63. The number of ether oxygens (including phenoxy) is 2. The highest BCUT2D eigenvalue weighted by Crippen LogP contribution is 2.45. The van der Waals surface area contributed by atoms with Gasteiger partial charge in [-0.15, -0.1) is 0 Å². The fourth-order valence-electron chi connectivity index (χ4n) is 4.45. The summed E-state index contributed by atoms with van der Waals surface area (Å²) in [5.41, 5.74) is 1.33. The molecule has 0 saturated carbocycles. The maximum Gasteiger partial charge on any atom is 0.424 e. The minimum Gasteiger partial charge on any atom is -0.493 e. The lowest BCUT2D eigenvalue weighted by Gasteiger charge is -2.34. The second-order valence-electron chi connectivity index (χ2n) is 9.79. The molecule has 7 N–H and O–H groups in total. The predicted molar refractivity (Wildman–Crippen MR) is 140 cm³/mol. The number of pyridine rings is 1. The second-order valence-corrected chi connectivity index (χ2v) is 9.79. The zero-order chi connectivity index (χ0) is 30.2. The Hall–Kier alpha value is -3.98. The number of hydrogen-bond donors (Lipinski definition) is 5. The number of amides is 1. The monoisotopic (exact) mass is 579 g/mol. The summed E-state index contributed by atoms with van der Waals surface area (Å²) in [4.78, 5) is 17.2. The summed E-state index contributed by atoms with van der Waals surface area (Å²) in [5.74, 6) is 4.45. The first kappa shape index (κ1) is 30.0. The van der Waals surface area contributed by atoms with E-state index in [4.69, 9.17) is 26.2 Å². The number of rotatable bonds is 9. The number of carbonyl (C=O) groups excluding carboxylic acids is 1. The number of benzene rings is 2. The number of alkyl halides is 3. The molecule has 2 heterocycles. The van der Waals surface area contributed by atoms with Crippen molar-refractivity contribution in [3.05, 3.63) is 71.2 Å². The Morgan fingerprint density at radius 3 is 2.46 bits per heavy atom. The van der Waals surface area contributed by atoms with E-state index in [-0.39, 0.29) is 58.7 Å². The number of aliphatic hydroxyl groups is 2. The van der Waals surface area contributed by atoms with Crippen LogP contribution < -0.4 is 26.4 Å². The molecule has 0 saturated heterocycles. The molecule has 14 heteroatoms. The number of nitrogens with one attached hydrogen (secondary N) is 1. The van der Waals surface area contributed by atoms with Gasteiger partial charge in [-0.3, -0.25) is 9.80 Å². The maximum absolute atomic E-state index is 14.6. The van der Waals surface area contributed by atoms with Crippen LogP contribution in [0.3, 0.4) is 0 Å². The molecule has 2 aromatic carbocycles. The number of halogens is 4. The number of aliphatic hydroxyl groups excluding tert-OH is 1. The number of carbonyl (C=O) groups is 1. The fraction of sp³-hybridized carbons (Fsp3) is 0.333. The Morgan fingerprint density at radius 1 is 1.17 bits per heavy atom. The van der Waals surface area contributed by atoms with Gasteiger partial charge < -0.3 is 30.7 Å². The van der Waals surface area contributed by atoms with Gasteiger partial charge in [-0.2, -0.15) is 13.2 Å². The molecule has 41 heavy (non-hydrogen) atoms. The molecule has 0 spiro atoms. The Morgan fingerprint density at radius 2 is 1.85 bits per heavy atom. The molecule has 2 atom stereocenters. The number of hydrazine groups is 1. The van der Waals surface area contributed by atoms with Crippen molar-refractivity contribution in [1.29, 1.82) is 0 Å². The van der Waals surface area contributed by atoms with E-state index in [1.165, 1.54) is 37.4 Å². The van der Waals surface area contributed by atoms with Crippen LogP contribution in [0.1, 0.15) is 28.5 Å². The third-order valence-corrected chi connectivity index (χ3v) is 6.70. The number of fused-ring (bicyclic) bond motifs is 1. The van der Waals surface area contributed by atoms with Crippen molar-refractivity contribution in [2.24, 2.45) is 11.6 Å². The Labute approximate surface area is 232 Å². The van der Waals surface area contributed by atoms with Gasteiger partial charge in [0, 0.05) is 23.2 Å². The van der Waals surface area contributed by atoms with Gasteiger partial charge in [0.05, 0.1) is 42.9 Å². The molecule has 0 radical (unpaired) electrons. The quantitative estimate of drug-likeness (QED) is 0.111. The highest BCUT2D eigenvalue weighted by atomic mass is 19.4. The molecular weight excluding hydrogens is 550 g/mol. The Balaban J connectivity index is 1.76. The minimum atomic E-state index is -5.34. The van der Waals surface area contributed by atoms with Crippen LogP contribution in [-0.2, 0) is 11.1 Å². The maximum atomic E-state index is 14.6. The van der Waals surface area contributed by atoms with Gasteiger partial charge in [-0.05, 0) is 55.5 Å². The average molecular weight is 580 g/mol. The van der Waals surface area contributed by atoms with Gasteiger partial charge in [0.2, 0.25) is 5.60 Å². The van der Waals surface area contributed by atoms with Crippen molar-refractivity contribution < 1.29 is 42.0 Å². The molecule has 1 amide bonds. The molecule has 1 aromatic heterocycles. The zero-order valence-corrected chi connectivity index (χ0v) is 22.1. The van der Waals surface area contributed by atoms with Crippen LogP contribution in [0.4, 0.5) is 23.2 Å². The molecule has 4 rings (SSSR count). The highest BCUT2D eigenvalue weighted by molar-refractivity contribution is 5.94. The van der Waals surface area contributed by atoms with Crippen LogP contribution in [0.5, 0.6) is 11.5 Å². The van der Waals surface area contributed by atoms with Crippen LogP contribution in [0, 0.1) is 5.82 Å². The largest absolute Gasteiger partial charge is 0.493 e. The third-order valence-electron chi connectivity index (χ3n) is 6.70. The first-order chi connectivity index (χ1) is 19.2. The van der Waals surface area contributed by atoms with Gasteiger partial charge in [0.1, 0.15) is 12.4 Å². The molecule has 220 valence electrons. The summed E-state index contributed by atoms with van der Waals surface area (Å²) in [5, 5.41) is 23.4. The van der Waals surface area contributed by atoms with Gasteiger partial charge in [-0.1, -0.05) is 0 Å². The van der Waals surface area contributed by atoms with E-state index in [0.29, 0.717) is 5.69 Å². The lowest BCUT2D eigenvalue weighted by atomic mass is 9.89. The van der Waals surface area contributed by atoms with Crippen molar-refractivity contribution >= 4 is 11.6 Å². The molecule has 10 nitrogen and oxygen atoms in total. The van der Waals surface area contributed by atoms with E-state index in [9.17, 15) is 27.5 Å². The molecule has 0 aliphatic carbocycles. The third kappa shape index (κ3) is 5.77. The van der Waals surface area contributed by atoms with Crippen molar-refractivity contribution in [2.45, 2.75) is 24.2 Å².